The molecular formula is C26H31NO5. The number of hydrogen-bond donors (Lipinski definition) is 1. The maximum atomic E-state index is 13.4. The number of aromatic nitrogens is 1. The lowest BCUT2D eigenvalue weighted by Gasteiger charge is -2.58. The molecule has 0 unspecified atom stereocenters. The van der Waals surface area contributed by atoms with Crippen LogP contribution in [-0.2, 0) is 25.7 Å². The number of cyclic esters (lactones) is 1. The van der Waals surface area contributed by atoms with E-state index in [2.05, 4.69) is 18.5 Å². The average Bonchev–Trinajstić information content (AvgIpc) is 3.19. The van der Waals surface area contributed by atoms with Crippen molar-refractivity contribution in [3.05, 3.63) is 66.0 Å². The van der Waals surface area contributed by atoms with Crippen LogP contribution in [0.4, 0.5) is 0 Å². The van der Waals surface area contributed by atoms with E-state index in [4.69, 9.17) is 9.47 Å². The molecule has 6 nitrogen and oxygen atoms in total. The third-order valence-electron chi connectivity index (χ3n) is 7.81. The molecule has 0 saturated heterocycles. The number of rotatable bonds is 5. The van der Waals surface area contributed by atoms with Crippen molar-refractivity contribution in [1.82, 2.24) is 4.98 Å². The van der Waals surface area contributed by atoms with Crippen LogP contribution in [0.5, 0.6) is 0 Å². The monoisotopic (exact) mass is 437 g/mol. The van der Waals surface area contributed by atoms with E-state index in [0.29, 0.717) is 24.3 Å². The van der Waals surface area contributed by atoms with Crippen molar-refractivity contribution in [2.45, 2.75) is 52.2 Å². The zero-order chi connectivity index (χ0) is 22.9. The number of allylic oxidation sites excluding steroid dienone is 2. The van der Waals surface area contributed by atoms with E-state index in [-0.39, 0.29) is 35.8 Å². The summed E-state index contributed by atoms with van der Waals surface area (Å²) in [6.07, 6.45) is 9.30. The van der Waals surface area contributed by atoms with Gasteiger partial charge in [0.2, 0.25) is 0 Å². The van der Waals surface area contributed by atoms with Gasteiger partial charge in [-0.1, -0.05) is 37.3 Å². The number of ether oxygens (including phenoxy) is 2. The number of esters is 2. The highest BCUT2D eigenvalue weighted by molar-refractivity contribution is 5.93. The molecular weight excluding hydrogens is 406 g/mol. The van der Waals surface area contributed by atoms with Crippen molar-refractivity contribution in [3.63, 3.8) is 0 Å². The van der Waals surface area contributed by atoms with Crippen molar-refractivity contribution in [3.8, 4) is 0 Å². The maximum absolute atomic E-state index is 13.4. The SMILES string of the molecule is C=C1CC[C@H]2[C@@](C)(CC[C@@H](O)[C@@]2(C)C(=O)OCc2ccccn2)[C@@H]1/C=C/C1=CCOC1=O. The molecule has 2 heterocycles. The molecule has 1 N–H and O–H groups in total. The summed E-state index contributed by atoms with van der Waals surface area (Å²) in [5.74, 6) is -0.791. The minimum atomic E-state index is -1.03. The summed E-state index contributed by atoms with van der Waals surface area (Å²) >= 11 is 0. The van der Waals surface area contributed by atoms with E-state index >= 15 is 0 Å². The topological polar surface area (TPSA) is 85.7 Å². The summed E-state index contributed by atoms with van der Waals surface area (Å²) in [7, 11) is 0. The predicted molar refractivity (Wildman–Crippen MR) is 119 cm³/mol. The number of aliphatic hydroxyl groups is 1. The zero-order valence-corrected chi connectivity index (χ0v) is 18.8. The molecule has 170 valence electrons. The molecule has 5 atom stereocenters. The fourth-order valence-electron chi connectivity index (χ4n) is 5.91. The van der Waals surface area contributed by atoms with Gasteiger partial charge in [-0.3, -0.25) is 9.78 Å². The lowest BCUT2D eigenvalue weighted by atomic mass is 9.46. The van der Waals surface area contributed by atoms with Crippen LogP contribution in [0.15, 0.2) is 60.3 Å². The summed E-state index contributed by atoms with van der Waals surface area (Å²) in [5.41, 5.74) is 1.00. The Bertz CT molecular complexity index is 968. The molecule has 4 rings (SSSR count). The van der Waals surface area contributed by atoms with Crippen LogP contribution in [0.2, 0.25) is 0 Å². The van der Waals surface area contributed by atoms with Gasteiger partial charge in [0.15, 0.2) is 0 Å². The first-order valence-corrected chi connectivity index (χ1v) is 11.2. The molecule has 1 aromatic heterocycles. The van der Waals surface area contributed by atoms with Crippen LogP contribution in [0.1, 0.15) is 45.2 Å². The molecule has 0 amide bonds. The summed E-state index contributed by atoms with van der Waals surface area (Å²) in [5, 5.41) is 11.0. The standard InChI is InChI=1S/C26H31NO5/c1-17-7-10-21-25(2,20(17)9-8-18-12-15-31-23(18)29)13-11-22(28)26(21,3)24(30)32-16-19-6-4-5-14-27-19/h4-6,8-9,12,14,20-22,28H,1,7,10-11,13,15-16H2,2-3H3/b9-8+/t20-,21+,22-,25+,26+/m1/s1. The number of hydrogen-bond acceptors (Lipinski definition) is 6. The molecule has 2 aliphatic carbocycles. The smallest absolute Gasteiger partial charge is 0.338 e. The van der Waals surface area contributed by atoms with Gasteiger partial charge < -0.3 is 14.6 Å². The first-order chi connectivity index (χ1) is 15.3. The minimum absolute atomic E-state index is 0.00837. The lowest BCUT2D eigenvalue weighted by molar-refractivity contribution is -0.188. The molecule has 2 fully saturated rings. The Balaban J connectivity index is 1.59. The highest BCUT2D eigenvalue weighted by Crippen LogP contribution is 2.61. The fraction of sp³-hybridized carbons (Fsp3) is 0.500. The number of fused-ring (bicyclic) bond motifs is 1. The number of carbonyl (C=O) groups is 2. The Labute approximate surface area is 189 Å². The van der Waals surface area contributed by atoms with Crippen LogP contribution in [0.25, 0.3) is 0 Å². The number of aliphatic hydroxyl groups excluding tert-OH is 1. The van der Waals surface area contributed by atoms with Crippen LogP contribution in [0.3, 0.4) is 0 Å². The number of carbonyl (C=O) groups excluding carboxylic acids is 2. The Morgan fingerprint density at radius 2 is 2.19 bits per heavy atom. The summed E-state index contributed by atoms with van der Waals surface area (Å²) < 4.78 is 10.7. The summed E-state index contributed by atoms with van der Waals surface area (Å²) in [6, 6.07) is 5.47. The van der Waals surface area contributed by atoms with Crippen molar-refractivity contribution < 1.29 is 24.2 Å². The Morgan fingerprint density at radius 3 is 2.88 bits per heavy atom. The molecule has 0 spiro atoms. The largest absolute Gasteiger partial charge is 0.459 e. The number of pyridine rings is 1. The van der Waals surface area contributed by atoms with Crippen molar-refractivity contribution in [2.75, 3.05) is 6.61 Å². The maximum Gasteiger partial charge on any atom is 0.338 e. The Morgan fingerprint density at radius 1 is 1.38 bits per heavy atom. The second-order valence-electron chi connectivity index (χ2n) is 9.58. The van der Waals surface area contributed by atoms with Crippen molar-refractivity contribution in [2.24, 2.45) is 22.7 Å². The van der Waals surface area contributed by atoms with Crippen molar-refractivity contribution >= 4 is 11.9 Å². The van der Waals surface area contributed by atoms with Crippen molar-refractivity contribution in [1.29, 1.82) is 0 Å². The summed E-state index contributed by atoms with van der Waals surface area (Å²) in [6.45, 7) is 8.71. The second-order valence-corrected chi connectivity index (χ2v) is 9.58. The van der Waals surface area contributed by atoms with Crippen LogP contribution in [0, 0.1) is 22.7 Å². The minimum Gasteiger partial charge on any atom is -0.459 e. The molecule has 1 aliphatic heterocycles. The van der Waals surface area contributed by atoms with E-state index in [0.717, 1.165) is 24.8 Å². The first-order valence-electron chi connectivity index (χ1n) is 11.2. The lowest BCUT2D eigenvalue weighted by Crippen LogP contribution is -2.59. The Hall–Kier alpha value is -2.73. The highest BCUT2D eigenvalue weighted by atomic mass is 16.5. The van der Waals surface area contributed by atoms with Crippen LogP contribution >= 0.6 is 0 Å². The molecule has 0 radical (unpaired) electrons. The third kappa shape index (κ3) is 3.81. The van der Waals surface area contributed by atoms with Gasteiger partial charge in [0.05, 0.1) is 22.8 Å². The summed E-state index contributed by atoms with van der Waals surface area (Å²) in [4.78, 5) is 29.4. The van der Waals surface area contributed by atoms with Gasteiger partial charge in [0.25, 0.3) is 0 Å². The Kier molecular flexibility index (Phi) is 6.08. The molecule has 1 aromatic rings. The van der Waals surface area contributed by atoms with Gasteiger partial charge in [0, 0.05) is 12.1 Å². The average molecular weight is 438 g/mol. The zero-order valence-electron chi connectivity index (χ0n) is 18.8. The third-order valence-corrected chi connectivity index (χ3v) is 7.81. The molecule has 3 aliphatic rings. The molecule has 0 bridgehead atoms. The van der Waals surface area contributed by atoms with E-state index in [1.807, 2.05) is 37.3 Å². The van der Waals surface area contributed by atoms with Crippen LogP contribution < -0.4 is 0 Å². The van der Waals surface area contributed by atoms with Gasteiger partial charge in [-0.05, 0) is 62.1 Å². The normalized spacial score (nSPS) is 34.7. The predicted octanol–water partition coefficient (Wildman–Crippen LogP) is 3.91. The van der Waals surface area contributed by atoms with Gasteiger partial charge in [0.1, 0.15) is 13.2 Å². The quantitative estimate of drug-likeness (QED) is 0.555. The van der Waals surface area contributed by atoms with Gasteiger partial charge in [-0.15, -0.1) is 0 Å². The fourth-order valence-corrected chi connectivity index (χ4v) is 5.91. The molecule has 2 saturated carbocycles. The first kappa shape index (κ1) is 22.5. The van der Waals surface area contributed by atoms with E-state index < -0.39 is 11.5 Å². The molecule has 0 aromatic carbocycles. The van der Waals surface area contributed by atoms with E-state index in [1.165, 1.54) is 0 Å². The van der Waals surface area contributed by atoms with E-state index in [1.54, 1.807) is 12.3 Å². The van der Waals surface area contributed by atoms with Gasteiger partial charge in [-0.2, -0.15) is 0 Å². The van der Waals surface area contributed by atoms with Gasteiger partial charge in [-0.25, -0.2) is 4.79 Å². The van der Waals surface area contributed by atoms with Crippen LogP contribution in [-0.4, -0.2) is 34.7 Å². The second kappa shape index (κ2) is 8.66. The van der Waals surface area contributed by atoms with E-state index in [9.17, 15) is 14.7 Å². The molecule has 6 heteroatoms. The number of nitrogens with zero attached hydrogens (tertiary/aromatic N) is 1. The van der Waals surface area contributed by atoms with Gasteiger partial charge >= 0.3 is 11.9 Å². The molecule has 32 heavy (non-hydrogen) atoms. The highest BCUT2D eigenvalue weighted by Gasteiger charge is 2.61.